The van der Waals surface area contributed by atoms with E-state index in [-0.39, 0.29) is 0 Å². The molecule has 0 saturated heterocycles. The molecule has 2 aliphatic rings. The quantitative estimate of drug-likeness (QED) is 0.608. The van der Waals surface area contributed by atoms with Gasteiger partial charge in [-0.25, -0.2) is 0 Å². The van der Waals surface area contributed by atoms with Crippen LogP contribution < -0.4 is 0 Å². The number of rotatable bonds is 5. The molecule has 0 unspecified atom stereocenters. The Morgan fingerprint density at radius 2 is 1.47 bits per heavy atom. The van der Waals surface area contributed by atoms with Gasteiger partial charge in [-0.15, -0.1) is 0 Å². The van der Waals surface area contributed by atoms with E-state index in [0.717, 1.165) is 30.8 Å². The Hall–Kier alpha value is -0.300. The van der Waals surface area contributed by atoms with Crippen LogP contribution in [0.3, 0.4) is 0 Å². The Balaban J connectivity index is 1.68. The second-order valence-electron chi connectivity index (χ2n) is 6.61. The average Bonchev–Trinajstić information content (AvgIpc) is 2.47. The minimum absolute atomic E-state index is 0.579. The van der Waals surface area contributed by atoms with Gasteiger partial charge in [-0.3, -0.25) is 0 Å². The van der Waals surface area contributed by atoms with E-state index in [9.17, 15) is 0 Å². The Morgan fingerprint density at radius 3 is 2.00 bits per heavy atom. The molecule has 2 fully saturated rings. The van der Waals surface area contributed by atoms with Crippen molar-refractivity contribution in [2.75, 3.05) is 6.61 Å². The van der Waals surface area contributed by atoms with Gasteiger partial charge < -0.3 is 4.74 Å². The van der Waals surface area contributed by atoms with Crippen LogP contribution in [0.1, 0.15) is 71.6 Å². The highest BCUT2D eigenvalue weighted by Gasteiger charge is 2.30. The topological polar surface area (TPSA) is 9.23 Å². The third-order valence-electron chi connectivity index (χ3n) is 5.22. The molecule has 110 valence electrons. The standard InChI is InChI=1S/C18H32O/c1-3-5-15-6-8-16(9-7-15)17-10-12-18(13-11-17)19-14-4-2/h3,5,15-18H,4,6-14H2,1-2H3/b5-3+/t15-,16-,17-,18-. The summed E-state index contributed by atoms with van der Waals surface area (Å²) in [6, 6.07) is 0. The number of ether oxygens (including phenoxy) is 1. The Labute approximate surface area is 119 Å². The van der Waals surface area contributed by atoms with Gasteiger partial charge in [0.05, 0.1) is 6.10 Å². The molecule has 2 rings (SSSR count). The number of hydrogen-bond acceptors (Lipinski definition) is 1. The molecule has 19 heavy (non-hydrogen) atoms. The minimum atomic E-state index is 0.579. The van der Waals surface area contributed by atoms with Crippen molar-refractivity contribution in [1.82, 2.24) is 0 Å². The highest BCUT2D eigenvalue weighted by atomic mass is 16.5. The molecule has 0 N–H and O–H groups in total. The van der Waals surface area contributed by atoms with E-state index < -0.39 is 0 Å². The molecular formula is C18H32O. The van der Waals surface area contributed by atoms with Crippen molar-refractivity contribution in [2.45, 2.75) is 77.7 Å². The maximum atomic E-state index is 5.91. The first-order valence-electron chi connectivity index (χ1n) is 8.57. The van der Waals surface area contributed by atoms with E-state index in [1.165, 1.54) is 51.4 Å². The molecule has 1 heteroatoms. The van der Waals surface area contributed by atoms with Crippen LogP contribution in [0.4, 0.5) is 0 Å². The van der Waals surface area contributed by atoms with Crippen molar-refractivity contribution in [1.29, 1.82) is 0 Å². The highest BCUT2D eigenvalue weighted by molar-refractivity contribution is 4.90. The lowest BCUT2D eigenvalue weighted by Crippen LogP contribution is -2.28. The van der Waals surface area contributed by atoms with Crippen LogP contribution in [0.25, 0.3) is 0 Å². The molecule has 0 heterocycles. The molecule has 0 radical (unpaired) electrons. The highest BCUT2D eigenvalue weighted by Crippen LogP contribution is 2.40. The normalized spacial score (nSPS) is 36.7. The van der Waals surface area contributed by atoms with Crippen LogP contribution in [-0.2, 0) is 4.74 Å². The summed E-state index contributed by atoms with van der Waals surface area (Å²) < 4.78 is 5.91. The van der Waals surface area contributed by atoms with Gasteiger partial charge in [0.15, 0.2) is 0 Å². The van der Waals surface area contributed by atoms with Crippen LogP contribution in [0.5, 0.6) is 0 Å². The summed E-state index contributed by atoms with van der Waals surface area (Å²) in [5.74, 6) is 2.91. The molecule has 0 amide bonds. The van der Waals surface area contributed by atoms with E-state index in [1.807, 2.05) is 0 Å². The van der Waals surface area contributed by atoms with Gasteiger partial charge in [0.25, 0.3) is 0 Å². The van der Waals surface area contributed by atoms with Gasteiger partial charge in [0, 0.05) is 6.61 Å². The Morgan fingerprint density at radius 1 is 0.895 bits per heavy atom. The fourth-order valence-electron chi connectivity index (χ4n) is 4.09. The average molecular weight is 264 g/mol. The molecule has 0 aromatic carbocycles. The first kappa shape index (κ1) is 15.1. The van der Waals surface area contributed by atoms with Crippen molar-refractivity contribution in [2.24, 2.45) is 17.8 Å². The summed E-state index contributed by atoms with van der Waals surface area (Å²) in [5, 5.41) is 0. The van der Waals surface area contributed by atoms with Crippen LogP contribution in [0.15, 0.2) is 12.2 Å². The van der Waals surface area contributed by atoms with Crippen LogP contribution in [0, 0.1) is 17.8 Å². The van der Waals surface area contributed by atoms with Gasteiger partial charge in [-0.05, 0) is 82.5 Å². The molecule has 0 atom stereocenters. The first-order valence-corrected chi connectivity index (χ1v) is 8.57. The van der Waals surface area contributed by atoms with E-state index >= 15 is 0 Å². The molecule has 0 aliphatic heterocycles. The lowest BCUT2D eigenvalue weighted by atomic mass is 9.70. The zero-order valence-electron chi connectivity index (χ0n) is 12.9. The first-order chi connectivity index (χ1) is 9.33. The fourth-order valence-corrected chi connectivity index (χ4v) is 4.09. The number of allylic oxidation sites excluding steroid dienone is 2. The van der Waals surface area contributed by atoms with Crippen molar-refractivity contribution in [3.8, 4) is 0 Å². The van der Waals surface area contributed by atoms with E-state index in [0.29, 0.717) is 6.10 Å². The smallest absolute Gasteiger partial charge is 0.0575 e. The SMILES string of the molecule is C/C=C/[C@H]1CC[C@H]([C@H]2CC[C@H](OCCC)CC2)CC1. The summed E-state index contributed by atoms with van der Waals surface area (Å²) in [5.41, 5.74) is 0. The minimum Gasteiger partial charge on any atom is -0.378 e. The molecule has 1 nitrogen and oxygen atoms in total. The fraction of sp³-hybridized carbons (Fsp3) is 0.889. The molecule has 2 aliphatic carbocycles. The lowest BCUT2D eigenvalue weighted by Gasteiger charge is -2.37. The van der Waals surface area contributed by atoms with Gasteiger partial charge in [0.1, 0.15) is 0 Å². The monoisotopic (exact) mass is 264 g/mol. The second-order valence-corrected chi connectivity index (χ2v) is 6.61. The van der Waals surface area contributed by atoms with Gasteiger partial charge in [-0.2, -0.15) is 0 Å². The predicted molar refractivity (Wildman–Crippen MR) is 82.3 cm³/mol. The van der Waals surface area contributed by atoms with Gasteiger partial charge in [-0.1, -0.05) is 19.1 Å². The summed E-state index contributed by atoms with van der Waals surface area (Å²) in [4.78, 5) is 0. The summed E-state index contributed by atoms with van der Waals surface area (Å²) in [6.07, 6.45) is 17.7. The largest absolute Gasteiger partial charge is 0.378 e. The third-order valence-corrected chi connectivity index (χ3v) is 5.22. The van der Waals surface area contributed by atoms with E-state index in [2.05, 4.69) is 26.0 Å². The van der Waals surface area contributed by atoms with Crippen molar-refractivity contribution < 1.29 is 4.74 Å². The molecule has 0 aromatic heterocycles. The second kappa shape index (κ2) is 8.09. The van der Waals surface area contributed by atoms with Crippen molar-refractivity contribution in [3.63, 3.8) is 0 Å². The summed E-state index contributed by atoms with van der Waals surface area (Å²) in [6.45, 7) is 5.32. The van der Waals surface area contributed by atoms with E-state index in [4.69, 9.17) is 4.74 Å². The van der Waals surface area contributed by atoms with E-state index in [1.54, 1.807) is 0 Å². The molecular weight excluding hydrogens is 232 g/mol. The third kappa shape index (κ3) is 4.63. The maximum absolute atomic E-state index is 5.91. The van der Waals surface area contributed by atoms with Crippen LogP contribution >= 0.6 is 0 Å². The van der Waals surface area contributed by atoms with Gasteiger partial charge in [0.2, 0.25) is 0 Å². The maximum Gasteiger partial charge on any atom is 0.0575 e. The van der Waals surface area contributed by atoms with Crippen LogP contribution in [0.2, 0.25) is 0 Å². The zero-order chi connectivity index (χ0) is 13.5. The molecule has 2 saturated carbocycles. The number of hydrogen-bond donors (Lipinski definition) is 0. The lowest BCUT2D eigenvalue weighted by molar-refractivity contribution is 0.00796. The molecule has 0 aromatic rings. The van der Waals surface area contributed by atoms with Gasteiger partial charge >= 0.3 is 0 Å². The van der Waals surface area contributed by atoms with Crippen molar-refractivity contribution in [3.05, 3.63) is 12.2 Å². The molecule has 0 bridgehead atoms. The molecule has 0 spiro atoms. The summed E-state index contributed by atoms with van der Waals surface area (Å²) in [7, 11) is 0. The summed E-state index contributed by atoms with van der Waals surface area (Å²) >= 11 is 0. The Bertz CT molecular complexity index is 255. The zero-order valence-corrected chi connectivity index (χ0v) is 12.9. The van der Waals surface area contributed by atoms with Crippen LogP contribution in [-0.4, -0.2) is 12.7 Å². The van der Waals surface area contributed by atoms with Crippen molar-refractivity contribution >= 4 is 0 Å². The predicted octanol–water partition coefficient (Wildman–Crippen LogP) is 5.35. The Kier molecular flexibility index (Phi) is 6.43.